The van der Waals surface area contributed by atoms with Gasteiger partial charge in [0.25, 0.3) is 5.91 Å². The molecule has 0 aliphatic heterocycles. The average molecular weight is 349 g/mol. The monoisotopic (exact) mass is 348 g/mol. The topological polar surface area (TPSA) is 68.3 Å². The first kappa shape index (κ1) is 13.6. The van der Waals surface area contributed by atoms with E-state index in [1.807, 2.05) is 18.2 Å². The third kappa shape index (κ3) is 2.62. The van der Waals surface area contributed by atoms with Gasteiger partial charge in [-0.1, -0.05) is 12.1 Å². The molecule has 0 spiro atoms. The molecule has 3 aromatic rings. The Morgan fingerprint density at radius 2 is 2.05 bits per heavy atom. The van der Waals surface area contributed by atoms with Crippen LogP contribution in [-0.2, 0) is 0 Å². The lowest BCUT2D eigenvalue weighted by molar-refractivity contribution is 0.0998. The number of para-hydroxylation sites is 1. The molecule has 3 rings (SSSR count). The molecule has 1 aromatic heterocycles. The van der Waals surface area contributed by atoms with E-state index in [4.69, 9.17) is 10.2 Å². The molecule has 0 aliphatic carbocycles. The van der Waals surface area contributed by atoms with Crippen LogP contribution in [0.1, 0.15) is 10.6 Å². The van der Waals surface area contributed by atoms with Crippen LogP contribution in [0.5, 0.6) is 0 Å². The number of furan rings is 1. The molecule has 1 amide bonds. The fraction of sp³-hybridized carbons (Fsp3) is 0. The number of nitrogens with two attached hydrogens (primary N) is 1. The van der Waals surface area contributed by atoms with Gasteiger partial charge in [0.15, 0.2) is 5.76 Å². The maximum atomic E-state index is 13.2. The third-order valence-electron chi connectivity index (χ3n) is 2.98. The van der Waals surface area contributed by atoms with Crippen molar-refractivity contribution in [3.8, 4) is 0 Å². The summed E-state index contributed by atoms with van der Waals surface area (Å²) in [5.74, 6) is -0.845. The Morgan fingerprint density at radius 1 is 1.24 bits per heavy atom. The molecule has 2 aromatic carbocycles. The van der Waals surface area contributed by atoms with Crippen molar-refractivity contribution in [2.75, 3.05) is 11.1 Å². The zero-order valence-electron chi connectivity index (χ0n) is 10.7. The van der Waals surface area contributed by atoms with Gasteiger partial charge in [-0.05, 0) is 46.3 Å². The van der Waals surface area contributed by atoms with Crippen LogP contribution in [0.3, 0.4) is 0 Å². The van der Waals surface area contributed by atoms with Crippen molar-refractivity contribution in [3.63, 3.8) is 0 Å². The first-order valence-corrected chi connectivity index (χ1v) is 6.88. The summed E-state index contributed by atoms with van der Waals surface area (Å²) < 4.78 is 19.4. The second-order valence-electron chi connectivity index (χ2n) is 4.45. The normalized spacial score (nSPS) is 10.8. The second-order valence-corrected chi connectivity index (χ2v) is 5.31. The number of halogens is 2. The van der Waals surface area contributed by atoms with Crippen LogP contribution in [0.25, 0.3) is 11.0 Å². The van der Waals surface area contributed by atoms with Gasteiger partial charge in [0.05, 0.1) is 15.8 Å². The van der Waals surface area contributed by atoms with Crippen LogP contribution < -0.4 is 11.1 Å². The number of benzene rings is 2. The van der Waals surface area contributed by atoms with Crippen LogP contribution >= 0.6 is 15.9 Å². The number of rotatable bonds is 2. The fourth-order valence-corrected chi connectivity index (χ4v) is 2.42. The minimum Gasteiger partial charge on any atom is -0.450 e. The van der Waals surface area contributed by atoms with Gasteiger partial charge < -0.3 is 15.5 Å². The van der Waals surface area contributed by atoms with Crippen LogP contribution in [0.4, 0.5) is 15.8 Å². The molecule has 0 bridgehead atoms. The Labute approximate surface area is 127 Å². The van der Waals surface area contributed by atoms with E-state index in [0.29, 0.717) is 5.58 Å². The molecule has 21 heavy (non-hydrogen) atoms. The molecule has 0 saturated carbocycles. The summed E-state index contributed by atoms with van der Waals surface area (Å²) in [4.78, 5) is 12.2. The Balaban J connectivity index is 1.93. The summed E-state index contributed by atoms with van der Waals surface area (Å²) in [6.45, 7) is 0. The van der Waals surface area contributed by atoms with E-state index < -0.39 is 11.7 Å². The molecule has 0 radical (unpaired) electrons. The fourth-order valence-electron chi connectivity index (χ4n) is 1.96. The van der Waals surface area contributed by atoms with E-state index in [1.54, 1.807) is 6.07 Å². The molecule has 1 heterocycles. The standard InChI is InChI=1S/C15H10BrFN2O2/c16-10-3-1-2-8-6-13(21-14(8)10)15(20)19-12-7-9(17)4-5-11(12)18/h1-7H,18H2,(H,19,20). The van der Waals surface area contributed by atoms with Gasteiger partial charge in [-0.15, -0.1) is 0 Å². The van der Waals surface area contributed by atoms with Crippen molar-refractivity contribution in [3.05, 3.63) is 58.5 Å². The number of fused-ring (bicyclic) bond motifs is 1. The summed E-state index contributed by atoms with van der Waals surface area (Å²) >= 11 is 3.35. The van der Waals surface area contributed by atoms with Crippen LogP contribution in [0.2, 0.25) is 0 Å². The molecular weight excluding hydrogens is 339 g/mol. The molecule has 4 nitrogen and oxygen atoms in total. The lowest BCUT2D eigenvalue weighted by Crippen LogP contribution is -2.12. The molecular formula is C15H10BrFN2O2. The zero-order valence-corrected chi connectivity index (χ0v) is 12.3. The number of anilines is 2. The molecule has 0 fully saturated rings. The Bertz CT molecular complexity index is 845. The van der Waals surface area contributed by atoms with Gasteiger partial charge in [0.2, 0.25) is 0 Å². The highest BCUT2D eigenvalue weighted by atomic mass is 79.9. The van der Waals surface area contributed by atoms with E-state index in [1.165, 1.54) is 12.1 Å². The van der Waals surface area contributed by atoms with Crippen molar-refractivity contribution < 1.29 is 13.6 Å². The lowest BCUT2D eigenvalue weighted by atomic mass is 10.2. The van der Waals surface area contributed by atoms with Crippen molar-refractivity contribution in [2.24, 2.45) is 0 Å². The number of nitrogens with one attached hydrogen (secondary N) is 1. The summed E-state index contributed by atoms with van der Waals surface area (Å²) in [6.07, 6.45) is 0. The van der Waals surface area contributed by atoms with E-state index in [2.05, 4.69) is 21.2 Å². The predicted molar refractivity (Wildman–Crippen MR) is 82.7 cm³/mol. The second kappa shape index (κ2) is 5.21. The third-order valence-corrected chi connectivity index (χ3v) is 3.61. The van der Waals surface area contributed by atoms with E-state index in [9.17, 15) is 9.18 Å². The highest BCUT2D eigenvalue weighted by molar-refractivity contribution is 9.10. The average Bonchev–Trinajstić information content (AvgIpc) is 2.88. The Kier molecular flexibility index (Phi) is 3.39. The smallest absolute Gasteiger partial charge is 0.291 e. The van der Waals surface area contributed by atoms with E-state index in [-0.39, 0.29) is 17.1 Å². The van der Waals surface area contributed by atoms with Crippen LogP contribution in [0, 0.1) is 5.82 Å². The number of nitrogen functional groups attached to an aromatic ring is 1. The summed E-state index contributed by atoms with van der Waals surface area (Å²) in [6, 6.07) is 10.9. The molecule has 0 unspecified atom stereocenters. The first-order valence-electron chi connectivity index (χ1n) is 6.09. The van der Waals surface area contributed by atoms with Gasteiger partial charge in [0.1, 0.15) is 11.4 Å². The van der Waals surface area contributed by atoms with Gasteiger partial charge in [-0.3, -0.25) is 4.79 Å². The maximum Gasteiger partial charge on any atom is 0.291 e. The number of carbonyl (C=O) groups excluding carboxylic acids is 1. The van der Waals surface area contributed by atoms with Gasteiger partial charge in [-0.25, -0.2) is 4.39 Å². The van der Waals surface area contributed by atoms with Crippen molar-refractivity contribution >= 4 is 44.2 Å². The van der Waals surface area contributed by atoms with E-state index in [0.717, 1.165) is 15.9 Å². The highest BCUT2D eigenvalue weighted by Gasteiger charge is 2.15. The number of hydrogen-bond acceptors (Lipinski definition) is 3. The zero-order chi connectivity index (χ0) is 15.0. The number of hydrogen-bond donors (Lipinski definition) is 2. The minimum absolute atomic E-state index is 0.126. The van der Waals surface area contributed by atoms with E-state index >= 15 is 0 Å². The molecule has 3 N–H and O–H groups in total. The number of carbonyl (C=O) groups is 1. The SMILES string of the molecule is Nc1ccc(F)cc1NC(=O)c1cc2cccc(Br)c2o1. The molecule has 6 heteroatoms. The van der Waals surface area contributed by atoms with Crippen LogP contribution in [-0.4, -0.2) is 5.91 Å². The summed E-state index contributed by atoms with van der Waals surface area (Å²) in [5.41, 5.74) is 6.76. The van der Waals surface area contributed by atoms with Crippen molar-refractivity contribution in [2.45, 2.75) is 0 Å². The molecule has 106 valence electrons. The maximum absolute atomic E-state index is 13.2. The summed E-state index contributed by atoms with van der Waals surface area (Å²) in [7, 11) is 0. The molecule has 0 saturated heterocycles. The molecule has 0 aliphatic rings. The molecule has 0 atom stereocenters. The van der Waals surface area contributed by atoms with Gasteiger partial charge in [-0.2, -0.15) is 0 Å². The number of amides is 1. The largest absolute Gasteiger partial charge is 0.450 e. The van der Waals surface area contributed by atoms with Crippen LogP contribution in [0.15, 0.2) is 51.4 Å². The quantitative estimate of drug-likeness (QED) is 0.683. The van der Waals surface area contributed by atoms with Gasteiger partial charge >= 0.3 is 0 Å². The Hall–Kier alpha value is -2.34. The van der Waals surface area contributed by atoms with Crippen molar-refractivity contribution in [1.82, 2.24) is 0 Å². The van der Waals surface area contributed by atoms with Gasteiger partial charge in [0, 0.05) is 5.39 Å². The summed E-state index contributed by atoms with van der Waals surface area (Å²) in [5, 5.41) is 3.33. The lowest BCUT2D eigenvalue weighted by Gasteiger charge is -2.06. The highest BCUT2D eigenvalue weighted by Crippen LogP contribution is 2.28. The first-order chi connectivity index (χ1) is 10.0. The predicted octanol–water partition coefficient (Wildman–Crippen LogP) is 4.17. The minimum atomic E-state index is -0.490. The Morgan fingerprint density at radius 3 is 2.81 bits per heavy atom. The van der Waals surface area contributed by atoms with Crippen molar-refractivity contribution in [1.29, 1.82) is 0 Å².